The minimum atomic E-state index is -1.34. The number of alkyl halides is 1. The van der Waals surface area contributed by atoms with E-state index >= 15 is 0 Å². The molecule has 1 aromatic rings. The summed E-state index contributed by atoms with van der Waals surface area (Å²) in [6, 6.07) is 5.37. The largest absolute Gasteiger partial charge is 0.242 e. The summed E-state index contributed by atoms with van der Waals surface area (Å²) in [7, 11) is 0. The highest BCUT2D eigenvalue weighted by atomic mass is 19.1. The molecule has 1 radical (unpaired) electrons. The maximum Gasteiger partial charge on any atom is 0.125 e. The molecule has 0 saturated heterocycles. The average Bonchev–Trinajstić information content (AvgIpc) is 1.88. The zero-order valence-electron chi connectivity index (χ0n) is 5.35. The second-order valence-corrected chi connectivity index (χ2v) is 2.02. The van der Waals surface area contributed by atoms with Gasteiger partial charge >= 0.3 is 0 Å². The van der Waals surface area contributed by atoms with Gasteiger partial charge in [0.05, 0.1) is 0 Å². The Kier molecular flexibility index (Phi) is 2.00. The fraction of sp³-hybridized carbons (Fsp3) is 0.125. The zero-order valence-corrected chi connectivity index (χ0v) is 5.35. The molecule has 1 atom stereocenters. The first kappa shape index (κ1) is 7.19. The van der Waals surface area contributed by atoms with Gasteiger partial charge in [0.1, 0.15) is 12.0 Å². The van der Waals surface area contributed by atoms with E-state index in [9.17, 15) is 8.78 Å². The van der Waals surface area contributed by atoms with Gasteiger partial charge in [0.2, 0.25) is 0 Å². The third kappa shape index (κ3) is 1.53. The minimum Gasteiger partial charge on any atom is -0.242 e. The fourth-order valence-electron chi connectivity index (χ4n) is 0.701. The van der Waals surface area contributed by atoms with Gasteiger partial charge < -0.3 is 0 Å². The molecule has 1 rings (SSSR count). The molecular weight excluding hydrogens is 134 g/mol. The molecule has 10 heavy (non-hydrogen) atoms. The van der Waals surface area contributed by atoms with Crippen molar-refractivity contribution in [3.8, 4) is 0 Å². The number of hydrogen-bond acceptors (Lipinski definition) is 0. The molecule has 53 valence electrons. The molecule has 0 N–H and O–H groups in total. The van der Waals surface area contributed by atoms with Crippen LogP contribution in [0.2, 0.25) is 0 Å². The Balaban J connectivity index is 2.96. The number of halogens is 2. The van der Waals surface area contributed by atoms with E-state index < -0.39 is 12.0 Å². The Morgan fingerprint density at radius 1 is 1.40 bits per heavy atom. The lowest BCUT2D eigenvalue weighted by molar-refractivity contribution is 0.409. The van der Waals surface area contributed by atoms with Crippen LogP contribution in [0.25, 0.3) is 0 Å². The van der Waals surface area contributed by atoms with Gasteiger partial charge in [-0.05, 0) is 24.6 Å². The standard InChI is InChI=1S/C8H7F2/c1-6(9)7-3-2-4-8(10)5-7/h2-6H,1H2/t6-/m0/s1. The van der Waals surface area contributed by atoms with Gasteiger partial charge in [0.25, 0.3) is 0 Å². The lowest BCUT2D eigenvalue weighted by atomic mass is 10.1. The van der Waals surface area contributed by atoms with Gasteiger partial charge in [0, 0.05) is 0 Å². The van der Waals surface area contributed by atoms with E-state index in [1.54, 1.807) is 0 Å². The minimum absolute atomic E-state index is 0.278. The third-order valence-corrected chi connectivity index (χ3v) is 1.21. The molecule has 0 fully saturated rings. The monoisotopic (exact) mass is 141 g/mol. The van der Waals surface area contributed by atoms with Crippen LogP contribution in [0, 0.1) is 12.7 Å². The number of hydrogen-bond donors (Lipinski definition) is 0. The van der Waals surface area contributed by atoms with Crippen molar-refractivity contribution in [3.63, 3.8) is 0 Å². The van der Waals surface area contributed by atoms with Crippen LogP contribution in [0.3, 0.4) is 0 Å². The fourth-order valence-corrected chi connectivity index (χ4v) is 0.701. The predicted molar refractivity (Wildman–Crippen MR) is 35.6 cm³/mol. The molecule has 0 nitrogen and oxygen atoms in total. The van der Waals surface area contributed by atoms with Crippen molar-refractivity contribution in [2.45, 2.75) is 6.17 Å². The maximum absolute atomic E-state index is 12.3. The summed E-state index contributed by atoms with van der Waals surface area (Å²) in [5, 5.41) is 0. The van der Waals surface area contributed by atoms with Crippen molar-refractivity contribution in [3.05, 3.63) is 42.6 Å². The third-order valence-electron chi connectivity index (χ3n) is 1.21. The van der Waals surface area contributed by atoms with Crippen molar-refractivity contribution in [1.82, 2.24) is 0 Å². The smallest absolute Gasteiger partial charge is 0.125 e. The van der Waals surface area contributed by atoms with Crippen LogP contribution in [-0.2, 0) is 0 Å². The molecule has 0 bridgehead atoms. The van der Waals surface area contributed by atoms with Gasteiger partial charge in [-0.2, -0.15) is 0 Å². The maximum atomic E-state index is 12.3. The van der Waals surface area contributed by atoms with Gasteiger partial charge in [-0.1, -0.05) is 12.1 Å². The van der Waals surface area contributed by atoms with Gasteiger partial charge in [0.15, 0.2) is 0 Å². The summed E-state index contributed by atoms with van der Waals surface area (Å²) < 4.78 is 24.7. The first-order valence-corrected chi connectivity index (χ1v) is 2.93. The van der Waals surface area contributed by atoms with E-state index in [0.29, 0.717) is 0 Å². The molecule has 0 heterocycles. The Morgan fingerprint density at radius 2 is 2.10 bits per heavy atom. The lowest BCUT2D eigenvalue weighted by Crippen LogP contribution is -1.85. The van der Waals surface area contributed by atoms with Crippen LogP contribution < -0.4 is 0 Å². The molecule has 0 saturated carbocycles. The van der Waals surface area contributed by atoms with Crippen molar-refractivity contribution >= 4 is 0 Å². The Bertz CT molecular complexity index is 218. The summed E-state index contributed by atoms with van der Waals surface area (Å²) in [4.78, 5) is 0. The summed E-state index contributed by atoms with van der Waals surface area (Å²) in [6.45, 7) is 3.12. The van der Waals surface area contributed by atoms with Crippen molar-refractivity contribution < 1.29 is 8.78 Å². The molecule has 0 unspecified atom stereocenters. The Hall–Kier alpha value is -0.920. The molecule has 0 aliphatic rings. The van der Waals surface area contributed by atoms with E-state index in [1.807, 2.05) is 0 Å². The highest BCUT2D eigenvalue weighted by molar-refractivity contribution is 5.19. The summed E-state index contributed by atoms with van der Waals surface area (Å²) in [5.41, 5.74) is 0.278. The molecule has 0 aliphatic heterocycles. The molecule has 1 aromatic carbocycles. The van der Waals surface area contributed by atoms with Gasteiger partial charge in [-0.3, -0.25) is 0 Å². The van der Waals surface area contributed by atoms with E-state index in [2.05, 4.69) is 6.92 Å². The topological polar surface area (TPSA) is 0 Å². The highest BCUT2D eigenvalue weighted by Gasteiger charge is 2.01. The van der Waals surface area contributed by atoms with E-state index in [4.69, 9.17) is 0 Å². The highest BCUT2D eigenvalue weighted by Crippen LogP contribution is 2.15. The van der Waals surface area contributed by atoms with Gasteiger partial charge in [-0.15, -0.1) is 0 Å². The Labute approximate surface area is 58.5 Å². The van der Waals surface area contributed by atoms with Crippen molar-refractivity contribution in [1.29, 1.82) is 0 Å². The average molecular weight is 141 g/mol. The summed E-state index contributed by atoms with van der Waals surface area (Å²) >= 11 is 0. The van der Waals surface area contributed by atoms with Crippen molar-refractivity contribution in [2.75, 3.05) is 0 Å². The quantitative estimate of drug-likeness (QED) is 0.564. The Morgan fingerprint density at radius 3 is 2.50 bits per heavy atom. The second-order valence-electron chi connectivity index (χ2n) is 2.02. The molecular formula is C8H7F2. The lowest BCUT2D eigenvalue weighted by Gasteiger charge is -1.99. The SMILES string of the molecule is [CH2][C@H](F)c1cccc(F)c1. The van der Waals surface area contributed by atoms with Crippen LogP contribution >= 0.6 is 0 Å². The first-order chi connectivity index (χ1) is 4.70. The zero-order chi connectivity index (χ0) is 7.56. The van der Waals surface area contributed by atoms with Gasteiger partial charge in [-0.25, -0.2) is 8.78 Å². The van der Waals surface area contributed by atoms with Crippen molar-refractivity contribution in [2.24, 2.45) is 0 Å². The normalized spacial score (nSPS) is 13.1. The first-order valence-electron chi connectivity index (χ1n) is 2.93. The molecule has 2 heteroatoms. The van der Waals surface area contributed by atoms with Crippen LogP contribution in [0.15, 0.2) is 24.3 Å². The van der Waals surface area contributed by atoms with Crippen LogP contribution in [0.5, 0.6) is 0 Å². The molecule has 0 spiro atoms. The van der Waals surface area contributed by atoms with E-state index in [0.717, 1.165) is 6.07 Å². The number of benzene rings is 1. The predicted octanol–water partition coefficient (Wildman–Crippen LogP) is 2.67. The van der Waals surface area contributed by atoms with Crippen LogP contribution in [-0.4, -0.2) is 0 Å². The summed E-state index contributed by atoms with van der Waals surface area (Å²) in [5.74, 6) is -0.427. The molecule has 0 aromatic heterocycles. The summed E-state index contributed by atoms with van der Waals surface area (Å²) in [6.07, 6.45) is -1.34. The van der Waals surface area contributed by atoms with Crippen LogP contribution in [0.4, 0.5) is 8.78 Å². The number of rotatable bonds is 1. The second kappa shape index (κ2) is 2.78. The molecule has 0 aliphatic carbocycles. The molecule has 0 amide bonds. The van der Waals surface area contributed by atoms with E-state index in [-0.39, 0.29) is 5.56 Å². The van der Waals surface area contributed by atoms with E-state index in [1.165, 1.54) is 18.2 Å². The van der Waals surface area contributed by atoms with Crippen LogP contribution in [0.1, 0.15) is 11.7 Å².